The first kappa shape index (κ1) is 25.4. The molecule has 0 unspecified atom stereocenters. The molecule has 1 aliphatic rings. The molecule has 1 saturated heterocycles. The molecule has 0 bridgehead atoms. The Hall–Kier alpha value is 1.15. The molecule has 0 spiro atoms. The third-order valence-corrected chi connectivity index (χ3v) is 4.64. The number of rotatable bonds is 5. The van der Waals surface area contributed by atoms with Gasteiger partial charge >= 0.3 is 71.1 Å². The summed E-state index contributed by atoms with van der Waals surface area (Å²) in [6, 6.07) is -0.123. The zero-order valence-electron chi connectivity index (χ0n) is 16.4. The van der Waals surface area contributed by atoms with Gasteiger partial charge in [0, 0.05) is 17.1 Å². The van der Waals surface area contributed by atoms with E-state index in [1.807, 2.05) is 27.7 Å². The van der Waals surface area contributed by atoms with E-state index in [0.717, 1.165) is 0 Å². The summed E-state index contributed by atoms with van der Waals surface area (Å²) in [5.74, 6) is -2.04. The fourth-order valence-electron chi connectivity index (χ4n) is 3.12. The van der Waals surface area contributed by atoms with Gasteiger partial charge in [-0.2, -0.15) is 0 Å². The Bertz CT molecular complexity index is 383. The van der Waals surface area contributed by atoms with E-state index in [1.54, 1.807) is 4.42 Å². The monoisotopic (exact) mass is 354 g/mol. The molecule has 0 aromatic heterocycles. The summed E-state index contributed by atoms with van der Waals surface area (Å²) < 4.78 is 1.76. The van der Waals surface area contributed by atoms with Gasteiger partial charge in [-0.25, -0.2) is 4.42 Å². The average Bonchev–Trinajstić information content (AvgIpc) is 2.22. The van der Waals surface area contributed by atoms with Gasteiger partial charge in [0.05, 0.1) is 13.1 Å². The molecule has 0 aromatic rings. The van der Waals surface area contributed by atoms with Gasteiger partial charge in [-0.3, -0.25) is 14.5 Å². The SMILES string of the molecule is CC1(C)CC(N(CC(=O)O)CC(=O)O)CC(C)(C)N1Cl.[H-].[H-].[Na+].[Na+]. The quantitative estimate of drug-likeness (QED) is 0.385. The molecule has 0 atom stereocenters. The van der Waals surface area contributed by atoms with Gasteiger partial charge in [0.25, 0.3) is 0 Å². The Balaban J connectivity index is -0.000000500. The number of carbonyl (C=O) groups is 2. The minimum atomic E-state index is -1.02. The smallest absolute Gasteiger partial charge is 1.00 e. The molecule has 1 aliphatic heterocycles. The molecular formula is C13H25ClN2Na2O4. The molecule has 1 heterocycles. The standard InChI is InChI=1S/C13H23ClN2O4.2Na.2H/c1-12(2)5-9(6-13(3,4)16(12)14)15(7-10(17)18)8-11(19)20;;;;/h9H,5-8H2,1-4H3,(H,17,18)(H,19,20);;;;/q;2*+1;2*-1. The van der Waals surface area contributed by atoms with Gasteiger partial charge in [0.15, 0.2) is 0 Å². The maximum Gasteiger partial charge on any atom is 1.00 e. The molecule has 0 amide bonds. The van der Waals surface area contributed by atoms with E-state index in [-0.39, 0.29) is 92.2 Å². The van der Waals surface area contributed by atoms with E-state index < -0.39 is 11.9 Å². The van der Waals surface area contributed by atoms with Crippen molar-refractivity contribution >= 4 is 23.7 Å². The largest absolute Gasteiger partial charge is 1.00 e. The zero-order chi connectivity index (χ0) is 15.7. The molecule has 1 fully saturated rings. The van der Waals surface area contributed by atoms with Crippen LogP contribution in [0, 0.1) is 0 Å². The van der Waals surface area contributed by atoms with Crippen molar-refractivity contribution in [2.45, 2.75) is 57.7 Å². The number of halogens is 1. The van der Waals surface area contributed by atoms with Crippen LogP contribution in [0.2, 0.25) is 0 Å². The average molecular weight is 355 g/mol. The number of hydrogen-bond acceptors (Lipinski definition) is 4. The molecule has 6 nitrogen and oxygen atoms in total. The van der Waals surface area contributed by atoms with Crippen LogP contribution in [0.5, 0.6) is 0 Å². The number of aliphatic carboxylic acids is 2. The van der Waals surface area contributed by atoms with Crippen molar-refractivity contribution < 1.29 is 81.8 Å². The van der Waals surface area contributed by atoms with Crippen molar-refractivity contribution in [3.63, 3.8) is 0 Å². The molecule has 1 rings (SSSR count). The summed E-state index contributed by atoms with van der Waals surface area (Å²) in [5, 5.41) is 17.9. The second-order valence-corrected chi connectivity index (χ2v) is 7.00. The van der Waals surface area contributed by atoms with Crippen molar-refractivity contribution in [1.82, 2.24) is 9.32 Å². The first-order valence-electron chi connectivity index (χ1n) is 6.59. The van der Waals surface area contributed by atoms with Gasteiger partial charge < -0.3 is 13.1 Å². The third-order valence-electron chi connectivity index (χ3n) is 3.73. The topological polar surface area (TPSA) is 81.1 Å². The van der Waals surface area contributed by atoms with Gasteiger partial charge in [-0.05, 0) is 52.3 Å². The maximum atomic E-state index is 10.9. The summed E-state index contributed by atoms with van der Waals surface area (Å²) >= 11 is 6.36. The summed E-state index contributed by atoms with van der Waals surface area (Å²) in [7, 11) is 0. The predicted octanol–water partition coefficient (Wildman–Crippen LogP) is -4.13. The normalized spacial score (nSPS) is 20.8. The van der Waals surface area contributed by atoms with Crippen molar-refractivity contribution in [2.24, 2.45) is 0 Å². The Labute approximate surface area is 184 Å². The van der Waals surface area contributed by atoms with Gasteiger partial charge in [0.2, 0.25) is 0 Å². The Morgan fingerprint density at radius 1 is 1.09 bits per heavy atom. The molecule has 2 N–H and O–H groups in total. The number of hydrogen-bond donors (Lipinski definition) is 2. The van der Waals surface area contributed by atoms with Crippen LogP contribution < -0.4 is 59.1 Å². The van der Waals surface area contributed by atoms with Crippen LogP contribution >= 0.6 is 11.8 Å². The van der Waals surface area contributed by atoms with E-state index in [1.165, 1.54) is 4.90 Å². The maximum absolute atomic E-state index is 10.9. The van der Waals surface area contributed by atoms with Crippen molar-refractivity contribution in [1.29, 1.82) is 0 Å². The molecule has 0 saturated carbocycles. The minimum Gasteiger partial charge on any atom is -1.00 e. The first-order valence-corrected chi connectivity index (χ1v) is 6.93. The summed E-state index contributed by atoms with van der Waals surface area (Å²) in [5.41, 5.74) is -0.660. The van der Waals surface area contributed by atoms with Crippen molar-refractivity contribution in [2.75, 3.05) is 13.1 Å². The van der Waals surface area contributed by atoms with Crippen LogP contribution in [0.3, 0.4) is 0 Å². The van der Waals surface area contributed by atoms with Crippen LogP contribution in [0.1, 0.15) is 43.4 Å². The molecule has 0 radical (unpaired) electrons. The van der Waals surface area contributed by atoms with Crippen LogP contribution in [-0.2, 0) is 9.59 Å². The number of piperidine rings is 1. The summed E-state index contributed by atoms with van der Waals surface area (Å²) in [6.07, 6.45) is 1.25. The zero-order valence-corrected chi connectivity index (χ0v) is 19.1. The Morgan fingerprint density at radius 3 is 1.68 bits per heavy atom. The van der Waals surface area contributed by atoms with E-state index >= 15 is 0 Å². The van der Waals surface area contributed by atoms with E-state index in [4.69, 9.17) is 22.0 Å². The second kappa shape index (κ2) is 9.59. The van der Waals surface area contributed by atoms with Gasteiger partial charge in [0.1, 0.15) is 0 Å². The van der Waals surface area contributed by atoms with E-state index in [9.17, 15) is 9.59 Å². The van der Waals surface area contributed by atoms with Crippen LogP contribution in [0.4, 0.5) is 0 Å². The van der Waals surface area contributed by atoms with Gasteiger partial charge in [-0.15, -0.1) is 0 Å². The third kappa shape index (κ3) is 6.95. The van der Waals surface area contributed by atoms with Crippen molar-refractivity contribution in [3.05, 3.63) is 0 Å². The summed E-state index contributed by atoms with van der Waals surface area (Å²) in [6.45, 7) is 7.37. The van der Waals surface area contributed by atoms with Gasteiger partial charge in [-0.1, -0.05) is 0 Å². The summed E-state index contributed by atoms with van der Waals surface area (Å²) in [4.78, 5) is 23.4. The van der Waals surface area contributed by atoms with E-state index in [0.29, 0.717) is 12.8 Å². The second-order valence-electron chi connectivity index (χ2n) is 6.66. The molecule has 22 heavy (non-hydrogen) atoms. The number of carboxylic acids is 2. The molecular weight excluding hydrogens is 330 g/mol. The predicted molar refractivity (Wildman–Crippen MR) is 77.9 cm³/mol. The molecule has 120 valence electrons. The van der Waals surface area contributed by atoms with Crippen LogP contribution in [-0.4, -0.2) is 61.7 Å². The number of nitrogens with zero attached hydrogens (tertiary/aromatic N) is 2. The fourth-order valence-corrected chi connectivity index (χ4v) is 3.26. The number of carboxylic acid groups (broad SMARTS) is 2. The van der Waals surface area contributed by atoms with Crippen LogP contribution in [0.15, 0.2) is 0 Å². The fraction of sp³-hybridized carbons (Fsp3) is 0.846. The Morgan fingerprint density at radius 2 is 1.41 bits per heavy atom. The molecule has 0 aliphatic carbocycles. The molecule has 0 aromatic carbocycles. The van der Waals surface area contributed by atoms with E-state index in [2.05, 4.69) is 0 Å². The molecule has 9 heteroatoms. The van der Waals surface area contributed by atoms with Crippen molar-refractivity contribution in [3.8, 4) is 0 Å². The minimum absolute atomic E-state index is 0. The van der Waals surface area contributed by atoms with Crippen LogP contribution in [0.25, 0.3) is 0 Å². The Kier molecular flexibility index (Phi) is 11.1. The first-order chi connectivity index (χ1) is 8.95.